The largest absolute Gasteiger partial charge is 0.409 e. The van der Waals surface area contributed by atoms with Crippen molar-refractivity contribution in [1.82, 2.24) is 4.98 Å². The van der Waals surface area contributed by atoms with Crippen molar-refractivity contribution in [2.24, 2.45) is 10.9 Å². The number of pyridine rings is 1. The quantitative estimate of drug-likeness (QED) is 0.206. The van der Waals surface area contributed by atoms with Crippen molar-refractivity contribution in [2.45, 2.75) is 25.2 Å². The lowest BCUT2D eigenvalue weighted by Crippen LogP contribution is -2.17. The van der Waals surface area contributed by atoms with Crippen LogP contribution in [0.15, 0.2) is 16.1 Å². The molecule has 0 aliphatic rings. The molecule has 0 saturated carbocycles. The number of rotatable bonds is 6. The van der Waals surface area contributed by atoms with Crippen molar-refractivity contribution in [2.75, 3.05) is 19.5 Å². The second-order valence-electron chi connectivity index (χ2n) is 3.90. The van der Waals surface area contributed by atoms with Crippen molar-refractivity contribution < 1.29 is 9.94 Å². The first kappa shape index (κ1) is 14.8. The molecule has 1 aromatic heterocycles. The minimum absolute atomic E-state index is 0.106. The van der Waals surface area contributed by atoms with Crippen LogP contribution in [-0.4, -0.2) is 35.5 Å². The Morgan fingerprint density at radius 3 is 2.89 bits per heavy atom. The molecule has 0 aromatic carbocycles. The Bertz CT molecular complexity index is 436. The van der Waals surface area contributed by atoms with Crippen molar-refractivity contribution in [1.29, 1.82) is 0 Å². The molecule has 0 saturated heterocycles. The van der Waals surface area contributed by atoms with Gasteiger partial charge in [-0.2, -0.15) is 0 Å². The fourth-order valence-corrected chi connectivity index (χ4v) is 2.79. The Labute approximate surface area is 111 Å². The molecule has 18 heavy (non-hydrogen) atoms. The third kappa shape index (κ3) is 3.89. The highest BCUT2D eigenvalue weighted by atomic mass is 32.2. The molecular formula is C12H19N3O2S. The van der Waals surface area contributed by atoms with E-state index >= 15 is 0 Å². The van der Waals surface area contributed by atoms with Crippen molar-refractivity contribution >= 4 is 17.6 Å². The Hall–Kier alpha value is -1.27. The van der Waals surface area contributed by atoms with E-state index in [1.54, 1.807) is 18.9 Å². The van der Waals surface area contributed by atoms with Gasteiger partial charge in [0, 0.05) is 35.8 Å². The molecule has 0 aliphatic carbocycles. The van der Waals surface area contributed by atoms with Crippen LogP contribution in [0.1, 0.15) is 23.4 Å². The Morgan fingerprint density at radius 2 is 2.28 bits per heavy atom. The highest BCUT2D eigenvalue weighted by Gasteiger charge is 2.13. The summed E-state index contributed by atoms with van der Waals surface area (Å²) in [5, 5.41) is 11.9. The lowest BCUT2D eigenvalue weighted by Gasteiger charge is -2.11. The van der Waals surface area contributed by atoms with Crippen molar-refractivity contribution in [3.05, 3.63) is 23.0 Å². The van der Waals surface area contributed by atoms with E-state index in [0.29, 0.717) is 5.56 Å². The van der Waals surface area contributed by atoms with E-state index in [4.69, 9.17) is 15.7 Å². The summed E-state index contributed by atoms with van der Waals surface area (Å²) in [5.41, 5.74) is 8.12. The average Bonchev–Trinajstić information content (AvgIpc) is 2.33. The SMILES string of the molecule is COCCCSc1cc(C)nc(C)c1/C(N)=N/O. The van der Waals surface area contributed by atoms with Gasteiger partial charge in [0.1, 0.15) is 0 Å². The number of ether oxygens (including phenoxy) is 1. The number of methoxy groups -OCH3 is 1. The third-order valence-corrected chi connectivity index (χ3v) is 3.53. The Morgan fingerprint density at radius 1 is 1.56 bits per heavy atom. The van der Waals surface area contributed by atoms with Gasteiger partial charge >= 0.3 is 0 Å². The van der Waals surface area contributed by atoms with Gasteiger partial charge in [0.05, 0.1) is 5.56 Å². The van der Waals surface area contributed by atoms with Crippen LogP contribution >= 0.6 is 11.8 Å². The van der Waals surface area contributed by atoms with Gasteiger partial charge in [-0.25, -0.2) is 0 Å². The van der Waals surface area contributed by atoms with E-state index in [0.717, 1.165) is 35.1 Å². The molecule has 3 N–H and O–H groups in total. The lowest BCUT2D eigenvalue weighted by atomic mass is 10.1. The summed E-state index contributed by atoms with van der Waals surface area (Å²) in [6.07, 6.45) is 0.956. The standard InChI is InChI=1S/C12H19N3O2S/c1-8-7-10(18-6-4-5-17-3)11(9(2)14-8)12(13)15-16/h7,16H,4-6H2,1-3H3,(H2,13,15). The third-order valence-electron chi connectivity index (χ3n) is 2.41. The van der Waals surface area contributed by atoms with E-state index < -0.39 is 0 Å². The highest BCUT2D eigenvalue weighted by Crippen LogP contribution is 2.26. The number of aryl methyl sites for hydroxylation is 2. The second kappa shape index (κ2) is 7.23. The van der Waals surface area contributed by atoms with Gasteiger partial charge < -0.3 is 15.7 Å². The second-order valence-corrected chi connectivity index (χ2v) is 5.04. The van der Waals surface area contributed by atoms with Crippen LogP contribution in [0.5, 0.6) is 0 Å². The summed E-state index contributed by atoms with van der Waals surface area (Å²) in [5.74, 6) is 1.02. The number of amidine groups is 1. The van der Waals surface area contributed by atoms with Crippen molar-refractivity contribution in [3.8, 4) is 0 Å². The number of oxime groups is 1. The van der Waals surface area contributed by atoms with Crippen LogP contribution in [0.2, 0.25) is 0 Å². The minimum atomic E-state index is 0.106. The Balaban J connectivity index is 2.93. The van der Waals surface area contributed by atoms with Gasteiger partial charge in [0.2, 0.25) is 0 Å². The van der Waals surface area contributed by atoms with Crippen LogP contribution in [-0.2, 0) is 4.74 Å². The molecule has 0 aliphatic heterocycles. The summed E-state index contributed by atoms with van der Waals surface area (Å²) in [4.78, 5) is 5.33. The van der Waals surface area contributed by atoms with Gasteiger partial charge in [0.15, 0.2) is 5.84 Å². The molecule has 0 amide bonds. The molecule has 0 unspecified atom stereocenters. The van der Waals surface area contributed by atoms with E-state index in [2.05, 4.69) is 10.1 Å². The molecule has 6 heteroatoms. The zero-order chi connectivity index (χ0) is 13.5. The van der Waals surface area contributed by atoms with E-state index in [-0.39, 0.29) is 5.84 Å². The normalized spacial score (nSPS) is 11.8. The topological polar surface area (TPSA) is 80.7 Å². The molecule has 1 rings (SSSR count). The van der Waals surface area contributed by atoms with E-state index in [1.807, 2.05) is 19.9 Å². The van der Waals surface area contributed by atoms with Gasteiger partial charge in [0.25, 0.3) is 0 Å². The Kier molecular flexibility index (Phi) is 5.94. The predicted molar refractivity (Wildman–Crippen MR) is 73.4 cm³/mol. The number of hydrogen-bond donors (Lipinski definition) is 2. The highest BCUT2D eigenvalue weighted by molar-refractivity contribution is 7.99. The van der Waals surface area contributed by atoms with Gasteiger partial charge in [-0.15, -0.1) is 11.8 Å². The first-order valence-electron chi connectivity index (χ1n) is 5.68. The molecule has 1 aromatic rings. The molecule has 100 valence electrons. The fourth-order valence-electron chi connectivity index (χ4n) is 1.65. The molecule has 0 radical (unpaired) electrons. The first-order chi connectivity index (χ1) is 8.60. The maximum Gasteiger partial charge on any atom is 0.173 e. The van der Waals surface area contributed by atoms with E-state index in [9.17, 15) is 0 Å². The minimum Gasteiger partial charge on any atom is -0.409 e. The molecule has 0 bridgehead atoms. The number of thioether (sulfide) groups is 1. The van der Waals surface area contributed by atoms with Crippen LogP contribution in [0, 0.1) is 13.8 Å². The summed E-state index contributed by atoms with van der Waals surface area (Å²) in [6.45, 7) is 4.52. The zero-order valence-corrected chi connectivity index (χ0v) is 11.8. The van der Waals surface area contributed by atoms with Crippen molar-refractivity contribution in [3.63, 3.8) is 0 Å². The maximum absolute atomic E-state index is 8.82. The molecule has 1 heterocycles. The summed E-state index contributed by atoms with van der Waals surface area (Å²) in [6, 6.07) is 1.96. The molecular weight excluding hydrogens is 250 g/mol. The summed E-state index contributed by atoms with van der Waals surface area (Å²) >= 11 is 1.67. The molecule has 0 fully saturated rings. The molecule has 0 atom stereocenters. The van der Waals surface area contributed by atoms with Crippen LogP contribution in [0.3, 0.4) is 0 Å². The van der Waals surface area contributed by atoms with E-state index in [1.165, 1.54) is 0 Å². The van der Waals surface area contributed by atoms with Gasteiger partial charge in [-0.1, -0.05) is 5.16 Å². The maximum atomic E-state index is 8.82. The monoisotopic (exact) mass is 269 g/mol. The van der Waals surface area contributed by atoms with Crippen LogP contribution in [0.25, 0.3) is 0 Å². The summed E-state index contributed by atoms with van der Waals surface area (Å²) in [7, 11) is 1.69. The molecule has 0 spiro atoms. The number of nitrogens with zero attached hydrogens (tertiary/aromatic N) is 2. The molecule has 5 nitrogen and oxygen atoms in total. The first-order valence-corrected chi connectivity index (χ1v) is 6.66. The fraction of sp³-hybridized carbons (Fsp3) is 0.500. The van der Waals surface area contributed by atoms with Crippen LogP contribution in [0.4, 0.5) is 0 Å². The zero-order valence-electron chi connectivity index (χ0n) is 10.9. The summed E-state index contributed by atoms with van der Waals surface area (Å²) < 4.78 is 5.01. The van der Waals surface area contributed by atoms with Gasteiger partial charge in [-0.3, -0.25) is 4.98 Å². The number of hydrogen-bond acceptors (Lipinski definition) is 5. The number of aromatic nitrogens is 1. The average molecular weight is 269 g/mol. The lowest BCUT2D eigenvalue weighted by molar-refractivity contribution is 0.200. The smallest absolute Gasteiger partial charge is 0.173 e. The number of nitrogens with two attached hydrogens (primary N) is 1. The predicted octanol–water partition coefficient (Wildman–Crippen LogP) is 1.92. The van der Waals surface area contributed by atoms with Gasteiger partial charge in [-0.05, 0) is 26.3 Å². The van der Waals surface area contributed by atoms with Crippen LogP contribution < -0.4 is 5.73 Å².